The Kier molecular flexibility index (Phi) is 4.58. The van der Waals surface area contributed by atoms with E-state index in [1.807, 2.05) is 12.1 Å². The van der Waals surface area contributed by atoms with Crippen LogP contribution >= 0.6 is 0 Å². The summed E-state index contributed by atoms with van der Waals surface area (Å²) in [6.45, 7) is 0. The molecule has 1 aromatic heterocycles. The minimum Gasteiger partial charge on any atom is -0.366 e. The normalized spacial score (nSPS) is 10.4. The predicted molar refractivity (Wildman–Crippen MR) is 99.2 cm³/mol. The number of rotatable bonds is 5. The van der Waals surface area contributed by atoms with Gasteiger partial charge in [-0.2, -0.15) is 5.10 Å². The fourth-order valence-electron chi connectivity index (χ4n) is 2.59. The van der Waals surface area contributed by atoms with Gasteiger partial charge < -0.3 is 22.5 Å². The first-order valence-corrected chi connectivity index (χ1v) is 7.82. The maximum atomic E-state index is 11.5. The number of urea groups is 1. The van der Waals surface area contributed by atoms with Crippen molar-refractivity contribution < 1.29 is 14.4 Å². The number of nitrogens with zero attached hydrogens (tertiary/aromatic N) is 2. The number of anilines is 1. The average molecular weight is 364 g/mol. The highest BCUT2D eigenvalue weighted by Gasteiger charge is 2.16. The first kappa shape index (κ1) is 17.7. The molecule has 2 aromatic carbocycles. The highest BCUT2D eigenvalue weighted by Crippen LogP contribution is 2.24. The molecule has 0 aliphatic rings. The maximum Gasteiger partial charge on any atom is 0.316 e. The van der Waals surface area contributed by atoms with Gasteiger partial charge in [0.25, 0.3) is 5.91 Å². The van der Waals surface area contributed by atoms with Crippen molar-refractivity contribution in [3.63, 3.8) is 0 Å². The lowest BCUT2D eigenvalue weighted by atomic mass is 10.0. The van der Waals surface area contributed by atoms with Gasteiger partial charge >= 0.3 is 6.03 Å². The van der Waals surface area contributed by atoms with Gasteiger partial charge in [0.2, 0.25) is 5.91 Å². The fourth-order valence-corrected chi connectivity index (χ4v) is 2.59. The summed E-state index contributed by atoms with van der Waals surface area (Å²) >= 11 is 0. The second-order valence-electron chi connectivity index (χ2n) is 5.68. The summed E-state index contributed by atoms with van der Waals surface area (Å²) in [5, 5.41) is 6.43. The number of carbonyl (C=O) groups excluding carboxylic acids is 3. The largest absolute Gasteiger partial charge is 0.366 e. The third-order valence-corrected chi connectivity index (χ3v) is 3.80. The molecular weight excluding hydrogens is 348 g/mol. The Morgan fingerprint density at radius 1 is 0.889 bits per heavy atom. The zero-order valence-corrected chi connectivity index (χ0v) is 14.0. The molecular formula is C18H16N6O3. The van der Waals surface area contributed by atoms with Gasteiger partial charge in [-0.15, -0.1) is 0 Å². The van der Waals surface area contributed by atoms with Crippen molar-refractivity contribution in [3.05, 3.63) is 66.0 Å². The molecule has 9 nitrogen and oxygen atoms in total. The standard InChI is InChI=1S/C18H16N6O3/c19-16(25)12-5-1-3-10(7-12)11-4-2-6-13(8-11)24-9-14(22-18(21)27)15(23-24)17(20)26/h1-9H,(H2,19,25)(H2,20,26)(H3,21,22,27). The van der Waals surface area contributed by atoms with Crippen molar-refractivity contribution in [2.24, 2.45) is 17.2 Å². The number of hydrogen-bond donors (Lipinski definition) is 4. The van der Waals surface area contributed by atoms with E-state index in [1.54, 1.807) is 36.4 Å². The molecule has 0 fully saturated rings. The van der Waals surface area contributed by atoms with E-state index in [0.29, 0.717) is 11.3 Å². The second kappa shape index (κ2) is 7.00. The van der Waals surface area contributed by atoms with Crippen LogP contribution in [0.2, 0.25) is 0 Å². The Bertz CT molecular complexity index is 1060. The van der Waals surface area contributed by atoms with Gasteiger partial charge in [0.05, 0.1) is 17.6 Å². The van der Waals surface area contributed by atoms with Crippen LogP contribution in [0.5, 0.6) is 0 Å². The Morgan fingerprint density at radius 2 is 1.56 bits per heavy atom. The number of aromatic nitrogens is 2. The van der Waals surface area contributed by atoms with Crippen LogP contribution in [0.1, 0.15) is 20.8 Å². The SMILES string of the molecule is NC(=O)Nc1cn(-c2cccc(-c3cccc(C(N)=O)c3)c2)nc1C(N)=O. The molecule has 0 bridgehead atoms. The monoisotopic (exact) mass is 364 g/mol. The van der Waals surface area contributed by atoms with Crippen molar-refractivity contribution >= 4 is 23.5 Å². The van der Waals surface area contributed by atoms with Crippen LogP contribution in [0.25, 0.3) is 16.8 Å². The van der Waals surface area contributed by atoms with E-state index in [9.17, 15) is 14.4 Å². The van der Waals surface area contributed by atoms with Gasteiger partial charge in [0, 0.05) is 5.56 Å². The van der Waals surface area contributed by atoms with E-state index >= 15 is 0 Å². The van der Waals surface area contributed by atoms with Gasteiger partial charge in [0.1, 0.15) is 0 Å². The molecule has 3 aromatic rings. The minimum atomic E-state index is -0.839. The Morgan fingerprint density at radius 3 is 2.19 bits per heavy atom. The van der Waals surface area contributed by atoms with Crippen LogP contribution in [-0.2, 0) is 0 Å². The lowest BCUT2D eigenvalue weighted by molar-refractivity contribution is 0.0989. The van der Waals surface area contributed by atoms with Crippen molar-refractivity contribution in [1.82, 2.24) is 9.78 Å². The van der Waals surface area contributed by atoms with E-state index in [1.165, 1.54) is 10.9 Å². The quantitative estimate of drug-likeness (QED) is 0.536. The van der Waals surface area contributed by atoms with Crippen molar-refractivity contribution in [2.75, 3.05) is 5.32 Å². The van der Waals surface area contributed by atoms with Crippen LogP contribution in [-0.4, -0.2) is 27.6 Å². The van der Waals surface area contributed by atoms with Crippen molar-refractivity contribution in [3.8, 4) is 16.8 Å². The number of hydrogen-bond acceptors (Lipinski definition) is 4. The van der Waals surface area contributed by atoms with Gasteiger partial charge in [-0.05, 0) is 35.4 Å². The van der Waals surface area contributed by atoms with Crippen LogP contribution in [0, 0.1) is 0 Å². The topological polar surface area (TPSA) is 159 Å². The van der Waals surface area contributed by atoms with Gasteiger partial charge in [-0.1, -0.05) is 24.3 Å². The highest BCUT2D eigenvalue weighted by atomic mass is 16.2. The number of amides is 4. The minimum absolute atomic E-state index is 0.108. The molecule has 4 amide bonds. The number of nitrogens with one attached hydrogen (secondary N) is 1. The molecule has 0 aliphatic heterocycles. The van der Waals surface area contributed by atoms with Crippen LogP contribution in [0.4, 0.5) is 10.5 Å². The molecule has 27 heavy (non-hydrogen) atoms. The van der Waals surface area contributed by atoms with Gasteiger partial charge in [-0.3, -0.25) is 9.59 Å². The third-order valence-electron chi connectivity index (χ3n) is 3.80. The lowest BCUT2D eigenvalue weighted by Gasteiger charge is -2.07. The molecule has 136 valence electrons. The van der Waals surface area contributed by atoms with Crippen molar-refractivity contribution in [1.29, 1.82) is 0 Å². The Labute approximate surface area is 153 Å². The number of nitrogens with two attached hydrogens (primary N) is 3. The summed E-state index contributed by atoms with van der Waals surface area (Å²) in [6.07, 6.45) is 1.43. The zero-order chi connectivity index (χ0) is 19.6. The van der Waals surface area contributed by atoms with Crippen LogP contribution < -0.4 is 22.5 Å². The number of primary amides is 3. The molecule has 0 saturated carbocycles. The third kappa shape index (κ3) is 3.76. The van der Waals surface area contributed by atoms with Crippen LogP contribution in [0.3, 0.4) is 0 Å². The zero-order valence-electron chi connectivity index (χ0n) is 14.0. The van der Waals surface area contributed by atoms with E-state index in [0.717, 1.165) is 11.1 Å². The van der Waals surface area contributed by atoms with Gasteiger partial charge in [0.15, 0.2) is 5.69 Å². The molecule has 0 unspecified atom stereocenters. The first-order valence-electron chi connectivity index (χ1n) is 7.82. The van der Waals surface area contributed by atoms with Crippen LogP contribution in [0.15, 0.2) is 54.7 Å². The first-order chi connectivity index (χ1) is 12.8. The molecule has 9 heteroatoms. The van der Waals surface area contributed by atoms with E-state index in [2.05, 4.69) is 10.4 Å². The molecule has 3 rings (SSSR count). The smallest absolute Gasteiger partial charge is 0.316 e. The van der Waals surface area contributed by atoms with Crippen molar-refractivity contribution in [2.45, 2.75) is 0 Å². The van der Waals surface area contributed by atoms with Gasteiger partial charge in [-0.25, -0.2) is 9.48 Å². The average Bonchev–Trinajstić information content (AvgIpc) is 3.05. The maximum absolute atomic E-state index is 11.5. The number of carbonyl (C=O) groups is 3. The summed E-state index contributed by atoms with van der Waals surface area (Å²) in [7, 11) is 0. The molecule has 0 saturated heterocycles. The molecule has 0 spiro atoms. The summed E-state index contributed by atoms with van der Waals surface area (Å²) in [6, 6.07) is 13.2. The lowest BCUT2D eigenvalue weighted by Crippen LogP contribution is -2.22. The van der Waals surface area contributed by atoms with E-state index in [-0.39, 0.29) is 11.4 Å². The molecule has 0 radical (unpaired) electrons. The Balaban J connectivity index is 2.03. The molecule has 0 aliphatic carbocycles. The fraction of sp³-hybridized carbons (Fsp3) is 0. The molecule has 1 heterocycles. The summed E-state index contributed by atoms with van der Waals surface area (Å²) in [5.41, 5.74) is 18.3. The highest BCUT2D eigenvalue weighted by molar-refractivity contribution is 6.00. The Hall–Kier alpha value is -4.14. The van der Waals surface area contributed by atoms with E-state index < -0.39 is 17.8 Å². The molecule has 0 atom stereocenters. The summed E-state index contributed by atoms with van der Waals surface area (Å²) < 4.78 is 1.40. The molecule has 7 N–H and O–H groups in total. The summed E-state index contributed by atoms with van der Waals surface area (Å²) in [4.78, 5) is 34.0. The van der Waals surface area contributed by atoms with E-state index in [4.69, 9.17) is 17.2 Å². The predicted octanol–water partition coefficient (Wildman–Crippen LogP) is 1.23. The summed E-state index contributed by atoms with van der Waals surface area (Å²) in [5.74, 6) is -1.32. The number of benzene rings is 2. The second-order valence-corrected chi connectivity index (χ2v) is 5.68.